The summed E-state index contributed by atoms with van der Waals surface area (Å²) in [6, 6.07) is 97.7. The number of rotatable bonds is 20. The lowest BCUT2D eigenvalue weighted by molar-refractivity contribution is 0.111. The van der Waals surface area contributed by atoms with Gasteiger partial charge >= 0.3 is 0 Å². The van der Waals surface area contributed by atoms with Crippen molar-refractivity contribution in [3.05, 3.63) is 356 Å². The molecule has 3 unspecified atom stereocenters. The van der Waals surface area contributed by atoms with E-state index in [0.717, 1.165) is 120 Å². The van der Waals surface area contributed by atoms with Crippen LogP contribution in [0.5, 0.6) is 0 Å². The van der Waals surface area contributed by atoms with Crippen LogP contribution >= 0.6 is 0 Å². The summed E-state index contributed by atoms with van der Waals surface area (Å²) in [5, 5.41) is 5.84. The summed E-state index contributed by atoms with van der Waals surface area (Å²) in [5.41, 5.74) is 20.7. The Morgan fingerprint density at radius 2 is 0.933 bits per heavy atom. The summed E-state index contributed by atoms with van der Waals surface area (Å²) in [6.07, 6.45) is 12.6. The van der Waals surface area contributed by atoms with Gasteiger partial charge in [0.25, 0.3) is 0 Å². The zero-order chi connectivity index (χ0) is 61.1. The summed E-state index contributed by atoms with van der Waals surface area (Å²) in [7, 11) is 0. The van der Waals surface area contributed by atoms with E-state index in [-0.39, 0.29) is 17.9 Å². The van der Waals surface area contributed by atoms with Crippen molar-refractivity contribution in [1.82, 2.24) is 4.57 Å². The fourth-order valence-electron chi connectivity index (χ4n) is 12.9. The van der Waals surface area contributed by atoms with Gasteiger partial charge in [-0.1, -0.05) is 128 Å². The molecule has 1 N–H and O–H groups in total. The number of aromatic nitrogens is 1. The number of aldehydes is 2. The number of aryl methyl sites for hydroxylation is 1. The van der Waals surface area contributed by atoms with Crippen molar-refractivity contribution in [1.29, 1.82) is 0 Å². The molecule has 1 heterocycles. The number of carbonyl (C=O) groups is 2. The second-order valence-corrected chi connectivity index (χ2v) is 22.8. The topological polar surface area (TPSA) is 64.1 Å². The molecule has 14 rings (SSSR count). The summed E-state index contributed by atoms with van der Waals surface area (Å²) >= 11 is 0. The summed E-state index contributed by atoms with van der Waals surface area (Å²) in [6.45, 7) is 10.6. The molecule has 0 spiro atoms. The van der Waals surface area contributed by atoms with Gasteiger partial charge < -0.3 is 29.5 Å². The molecule has 0 aliphatic heterocycles. The first kappa shape index (κ1) is 56.1. The highest BCUT2D eigenvalue weighted by Crippen LogP contribution is 2.54. The lowest BCUT2D eigenvalue weighted by atomic mass is 10.0. The number of hydrogen-bond acceptors (Lipinski definition) is 7. The number of para-hydroxylation sites is 4. The Hall–Kier alpha value is -11.7. The quantitative estimate of drug-likeness (QED) is 0.0602. The van der Waals surface area contributed by atoms with Crippen molar-refractivity contribution in [2.24, 2.45) is 11.8 Å². The number of carbonyl (C=O) groups excluding carboxylic acids is 2. The molecule has 11 aromatic carbocycles. The molecule has 90 heavy (non-hydrogen) atoms. The first-order valence-electron chi connectivity index (χ1n) is 30.4. The second-order valence-electron chi connectivity index (χ2n) is 22.8. The van der Waals surface area contributed by atoms with Gasteiger partial charge in [-0.05, 0) is 212 Å². The first-order valence-corrected chi connectivity index (χ1v) is 30.4. The van der Waals surface area contributed by atoms with Crippen LogP contribution in [-0.4, -0.2) is 23.2 Å². The number of hydrogen-bond donors (Lipinski definition) is 1. The van der Waals surface area contributed by atoms with E-state index in [1.165, 1.54) is 10.9 Å². The van der Waals surface area contributed by atoms with E-state index in [1.54, 1.807) is 18.2 Å². The minimum Gasteiger partial charge on any atom is -0.355 e. The van der Waals surface area contributed by atoms with Crippen molar-refractivity contribution in [3.8, 4) is 5.69 Å². The Morgan fingerprint density at radius 1 is 0.433 bits per heavy atom. The Bertz CT molecular complexity index is 4720. The van der Waals surface area contributed by atoms with Crippen LogP contribution in [0.1, 0.15) is 31.8 Å². The van der Waals surface area contributed by atoms with Gasteiger partial charge in [-0.25, -0.2) is 0 Å². The van der Waals surface area contributed by atoms with Crippen molar-refractivity contribution < 1.29 is 9.59 Å². The number of benzene rings is 11. The average molecular weight is 1170 g/mol. The minimum atomic E-state index is 0.142. The van der Waals surface area contributed by atoms with Crippen molar-refractivity contribution in [2.45, 2.75) is 13.0 Å². The Balaban J connectivity index is 0.851. The van der Waals surface area contributed by atoms with Crippen LogP contribution in [-0.2, 0) is 0 Å². The highest BCUT2D eigenvalue weighted by Gasteiger charge is 2.53. The van der Waals surface area contributed by atoms with Crippen LogP contribution in [0.15, 0.2) is 334 Å². The predicted molar refractivity (Wildman–Crippen MR) is 375 cm³/mol. The number of nitrogens with zero attached hydrogens (tertiary/aromatic N) is 5. The number of nitrogens with one attached hydrogen (secondary N) is 1. The van der Waals surface area contributed by atoms with E-state index in [2.05, 4.69) is 292 Å². The van der Waals surface area contributed by atoms with E-state index >= 15 is 0 Å². The third-order valence-corrected chi connectivity index (χ3v) is 17.2. The molecular formula is C82H64N6O2. The van der Waals surface area contributed by atoms with E-state index < -0.39 is 0 Å². The molecule has 3 atom stereocenters. The molecule has 0 radical (unpaired) electrons. The van der Waals surface area contributed by atoms with Gasteiger partial charge in [0.2, 0.25) is 0 Å². The molecule has 8 heteroatoms. The molecule has 0 amide bonds. The zero-order valence-corrected chi connectivity index (χ0v) is 49.8. The molecule has 434 valence electrons. The SMILES string of the molecule is C=C/C(Nc1ccc(C=O)cc1)=C(\C=C)c1cccc(N(c2ccccc2)c2ccc(N(C3=CC4C(C=C3)C4N(c3ccccc3)c3ccc4c(c3)c3ccccc3n4-c3ccc(C=O)cc3)c3ccc(N(c4ccccc4)c4cccc(C)c4)cc3)cc2)c1. The average Bonchev–Trinajstić information content (AvgIpc) is 1.57. The summed E-state index contributed by atoms with van der Waals surface area (Å²) in [5.74, 6) is 0.465. The highest BCUT2D eigenvalue weighted by atomic mass is 16.1. The van der Waals surface area contributed by atoms with Crippen LogP contribution in [0.25, 0.3) is 33.1 Å². The molecule has 0 bridgehead atoms. The largest absolute Gasteiger partial charge is 0.355 e. The maximum atomic E-state index is 11.7. The third kappa shape index (κ3) is 10.9. The number of fused-ring (bicyclic) bond motifs is 4. The van der Waals surface area contributed by atoms with Gasteiger partial charge in [0.05, 0.1) is 11.0 Å². The van der Waals surface area contributed by atoms with Crippen LogP contribution in [0.4, 0.5) is 62.6 Å². The molecule has 0 saturated heterocycles. The fraction of sp³-hybridized carbons (Fsp3) is 0.0488. The molecule has 1 saturated carbocycles. The standard InChI is InChI=1S/C82H64N6O2/c1-4-74(79(5-2)83-61-35-31-58(55-89)32-36-61)60-20-18-28-71(52-60)85(63-23-11-7-12-24-63)66-41-45-68(46-42-66)86(67-43-39-65(40-44-67)84(62-21-9-6-10-22-62)70-27-17-19-57(3)51-70)72-47-49-76-78(54-72)82(76)87(64-25-13-8-14-26-64)73-48-50-81-77(53-73)75-29-15-16-30-80(75)88(81)69-37-33-59(56-90)34-38-69/h4-56,76,78,82-83H,1-2H2,3H3/b79-74-. The Kier molecular flexibility index (Phi) is 15.3. The maximum absolute atomic E-state index is 11.7. The molecule has 8 nitrogen and oxygen atoms in total. The Morgan fingerprint density at radius 3 is 1.51 bits per heavy atom. The molecule has 2 aliphatic carbocycles. The minimum absolute atomic E-state index is 0.142. The first-order chi connectivity index (χ1) is 44.4. The van der Waals surface area contributed by atoms with Crippen molar-refractivity contribution in [3.63, 3.8) is 0 Å². The number of anilines is 11. The van der Waals surface area contributed by atoms with Crippen molar-refractivity contribution in [2.75, 3.05) is 24.9 Å². The summed E-state index contributed by atoms with van der Waals surface area (Å²) in [4.78, 5) is 32.7. The molecule has 1 fully saturated rings. The second kappa shape index (κ2) is 24.6. The van der Waals surface area contributed by atoms with E-state index in [4.69, 9.17) is 0 Å². The van der Waals surface area contributed by atoms with Crippen LogP contribution in [0.3, 0.4) is 0 Å². The molecular weight excluding hydrogens is 1100 g/mol. The smallest absolute Gasteiger partial charge is 0.150 e. The van der Waals surface area contributed by atoms with Crippen LogP contribution in [0, 0.1) is 18.8 Å². The maximum Gasteiger partial charge on any atom is 0.150 e. The van der Waals surface area contributed by atoms with Gasteiger partial charge in [-0.2, -0.15) is 0 Å². The van der Waals surface area contributed by atoms with Gasteiger partial charge in [0, 0.05) is 125 Å². The molecule has 2 aliphatic rings. The van der Waals surface area contributed by atoms with E-state index in [0.29, 0.717) is 11.1 Å². The van der Waals surface area contributed by atoms with Crippen LogP contribution < -0.4 is 24.9 Å². The normalized spacial score (nSPS) is 15.0. The third-order valence-electron chi connectivity index (χ3n) is 17.2. The monoisotopic (exact) mass is 1160 g/mol. The van der Waals surface area contributed by atoms with Gasteiger partial charge in [0.15, 0.2) is 0 Å². The van der Waals surface area contributed by atoms with Crippen LogP contribution in [0.2, 0.25) is 0 Å². The predicted octanol–water partition coefficient (Wildman–Crippen LogP) is 20.9. The molecule has 1 aromatic heterocycles. The lowest BCUT2D eigenvalue weighted by Crippen LogP contribution is -2.22. The van der Waals surface area contributed by atoms with Gasteiger partial charge in [-0.15, -0.1) is 0 Å². The molecule has 12 aromatic rings. The lowest BCUT2D eigenvalue weighted by Gasteiger charge is -2.30. The fourth-order valence-corrected chi connectivity index (χ4v) is 12.9. The van der Waals surface area contributed by atoms with Gasteiger partial charge in [-0.3, -0.25) is 9.59 Å². The summed E-state index contributed by atoms with van der Waals surface area (Å²) < 4.78 is 2.30. The van der Waals surface area contributed by atoms with Gasteiger partial charge in [0.1, 0.15) is 12.6 Å². The Labute approximate surface area is 525 Å². The zero-order valence-electron chi connectivity index (χ0n) is 49.8. The van der Waals surface area contributed by atoms with E-state index in [1.807, 2.05) is 48.5 Å². The van der Waals surface area contributed by atoms with Crippen molar-refractivity contribution >= 4 is 103 Å². The number of allylic oxidation sites excluding steroid dienone is 4. The highest BCUT2D eigenvalue weighted by molar-refractivity contribution is 6.10. The van der Waals surface area contributed by atoms with E-state index in [9.17, 15) is 9.59 Å².